The van der Waals surface area contributed by atoms with Gasteiger partial charge in [0.05, 0.1) is 16.0 Å². The molecule has 3 aromatic heterocycles. The maximum atomic E-state index is 15.5. The Hall–Kier alpha value is -5.85. The van der Waals surface area contributed by atoms with E-state index in [0.29, 0.717) is 46.1 Å². The molecule has 0 bridgehead atoms. The van der Waals surface area contributed by atoms with Gasteiger partial charge in [0.1, 0.15) is 34.3 Å². The van der Waals surface area contributed by atoms with Gasteiger partial charge in [-0.15, -0.1) is 0 Å². The molecule has 3 saturated heterocycles. The van der Waals surface area contributed by atoms with E-state index in [9.17, 15) is 28.4 Å². The van der Waals surface area contributed by atoms with Gasteiger partial charge in [-0.1, -0.05) is 38.1 Å². The van der Waals surface area contributed by atoms with E-state index >= 15 is 4.39 Å². The van der Waals surface area contributed by atoms with Crippen molar-refractivity contribution in [2.75, 3.05) is 49.5 Å². The van der Waals surface area contributed by atoms with Gasteiger partial charge in [-0.3, -0.25) is 15.0 Å². The third-order valence-corrected chi connectivity index (χ3v) is 15.6. The van der Waals surface area contributed by atoms with Crippen LogP contribution < -0.4 is 19.7 Å². The third kappa shape index (κ3) is 9.33. The Bertz CT molecular complexity index is 2670. The second-order valence-electron chi connectivity index (χ2n) is 18.6. The number of nitro benzene ring substituents is 1. The number of pyridine rings is 2. The number of fused-ring (bicyclic) bond motifs is 1. The molecule has 65 heavy (non-hydrogen) atoms. The van der Waals surface area contributed by atoms with Crippen molar-refractivity contribution >= 4 is 44.3 Å². The number of hydrogen-bond acceptors (Lipinski definition) is 11. The summed E-state index contributed by atoms with van der Waals surface area (Å²) in [6, 6.07) is 19.0. The maximum Gasteiger partial charge on any atom is 0.407 e. The molecule has 1 saturated carbocycles. The summed E-state index contributed by atoms with van der Waals surface area (Å²) in [6.07, 6.45) is 10.6. The first-order valence-corrected chi connectivity index (χ1v) is 24.0. The van der Waals surface area contributed by atoms with Crippen molar-refractivity contribution in [3.63, 3.8) is 0 Å². The molecule has 3 aliphatic heterocycles. The monoisotopic (exact) mass is 909 g/mol. The first-order chi connectivity index (χ1) is 31.2. The maximum absolute atomic E-state index is 15.5. The lowest BCUT2D eigenvalue weighted by Crippen LogP contribution is -2.55. The minimum Gasteiger partial charge on any atom is -0.465 e. The summed E-state index contributed by atoms with van der Waals surface area (Å²) in [7, 11) is -4.31. The van der Waals surface area contributed by atoms with Crippen molar-refractivity contribution in [3.05, 3.63) is 106 Å². The van der Waals surface area contributed by atoms with Crippen LogP contribution in [0.15, 0.2) is 84.1 Å². The number of carbonyl (C=O) groups is 1. The number of aromatic amines is 1. The molecule has 16 nitrogen and oxygen atoms in total. The quantitative estimate of drug-likeness (QED) is 0.0611. The van der Waals surface area contributed by atoms with Crippen molar-refractivity contribution in [2.45, 2.75) is 100 Å². The highest BCUT2D eigenvalue weighted by atomic mass is 32.2. The van der Waals surface area contributed by atoms with Gasteiger partial charge in [-0.25, -0.2) is 32.3 Å². The van der Waals surface area contributed by atoms with Crippen LogP contribution in [-0.4, -0.2) is 100 Å². The Labute approximate surface area is 377 Å². The Kier molecular flexibility index (Phi) is 12.2. The molecule has 1 aliphatic carbocycles. The topological polar surface area (TPSA) is 199 Å². The van der Waals surface area contributed by atoms with Crippen molar-refractivity contribution in [1.29, 1.82) is 0 Å². The first-order valence-electron chi connectivity index (χ1n) is 22.6. The molecule has 1 spiro atoms. The third-order valence-electron chi connectivity index (χ3n) is 14.2. The SMILES string of the molecule is CC(C)c1ccccc1[C@@H]1CCCN1C1CC2(CCN(c3cc(Oc4cnc5[nH]ccc5c4)c(CNS(=O)(=O)c4ccc(NCC5(F)CCN(C(=O)O)CC5)c([N+](=O)[O-])c4)cn3)CC2)C1. The van der Waals surface area contributed by atoms with Crippen LogP contribution >= 0.6 is 0 Å². The molecule has 344 valence electrons. The van der Waals surface area contributed by atoms with Crippen LogP contribution in [0.5, 0.6) is 11.5 Å². The number of nitrogens with zero attached hydrogens (tertiary/aromatic N) is 6. The predicted molar refractivity (Wildman–Crippen MR) is 245 cm³/mol. The number of nitro groups is 1. The minimum atomic E-state index is -4.31. The lowest BCUT2D eigenvalue weighted by Gasteiger charge is -2.56. The highest BCUT2D eigenvalue weighted by Gasteiger charge is 2.50. The van der Waals surface area contributed by atoms with Crippen molar-refractivity contribution in [1.82, 2.24) is 29.5 Å². The molecule has 0 unspecified atom stereocenters. The van der Waals surface area contributed by atoms with Gasteiger partial charge in [-0.2, -0.15) is 0 Å². The molecule has 2 aromatic carbocycles. The molecule has 4 N–H and O–H groups in total. The molecule has 0 radical (unpaired) electrons. The van der Waals surface area contributed by atoms with E-state index < -0.39 is 32.4 Å². The number of likely N-dealkylation sites (tertiary alicyclic amines) is 2. The summed E-state index contributed by atoms with van der Waals surface area (Å²) in [6.45, 7) is 6.84. The van der Waals surface area contributed by atoms with Crippen LogP contribution in [0.3, 0.4) is 0 Å². The second-order valence-corrected chi connectivity index (χ2v) is 20.4. The number of sulfonamides is 1. The number of anilines is 2. The average Bonchev–Trinajstić information content (AvgIpc) is 3.97. The van der Waals surface area contributed by atoms with Gasteiger partial charge in [0.15, 0.2) is 0 Å². The summed E-state index contributed by atoms with van der Waals surface area (Å²) >= 11 is 0. The summed E-state index contributed by atoms with van der Waals surface area (Å²) < 4.78 is 51.9. The van der Waals surface area contributed by atoms with Gasteiger partial charge in [0.2, 0.25) is 10.0 Å². The van der Waals surface area contributed by atoms with E-state index in [1.54, 1.807) is 18.6 Å². The molecule has 1 atom stereocenters. The van der Waals surface area contributed by atoms with E-state index in [0.717, 1.165) is 54.6 Å². The Morgan fingerprint density at radius 1 is 1.02 bits per heavy atom. The Morgan fingerprint density at radius 2 is 1.78 bits per heavy atom. The zero-order valence-corrected chi connectivity index (χ0v) is 37.5. The van der Waals surface area contributed by atoms with Gasteiger partial charge < -0.3 is 29.9 Å². The summed E-state index contributed by atoms with van der Waals surface area (Å²) in [4.78, 5) is 40.8. The molecular formula is C47H56FN9O7S. The van der Waals surface area contributed by atoms with Gasteiger partial charge >= 0.3 is 6.09 Å². The number of piperidine rings is 2. The molecule has 18 heteroatoms. The van der Waals surface area contributed by atoms with E-state index in [1.807, 2.05) is 18.2 Å². The molecule has 9 rings (SSSR count). The summed E-state index contributed by atoms with van der Waals surface area (Å²) in [5.74, 6) is 2.06. The highest BCUT2D eigenvalue weighted by Crippen LogP contribution is 2.54. The normalized spacial score (nSPS) is 20.0. The summed E-state index contributed by atoms with van der Waals surface area (Å²) in [5.41, 5.74) is 2.00. The van der Waals surface area contributed by atoms with Gasteiger partial charge in [0, 0.05) is 99.7 Å². The number of hydrogen-bond donors (Lipinski definition) is 4. The highest BCUT2D eigenvalue weighted by molar-refractivity contribution is 7.89. The zero-order chi connectivity index (χ0) is 45.5. The fraction of sp³-hybridized carbons (Fsp3) is 0.468. The van der Waals surface area contributed by atoms with Crippen LogP contribution in [0.4, 0.5) is 26.4 Å². The van der Waals surface area contributed by atoms with Crippen molar-refractivity contribution in [2.24, 2.45) is 5.41 Å². The van der Waals surface area contributed by atoms with E-state index in [4.69, 9.17) is 9.72 Å². The van der Waals surface area contributed by atoms with Crippen LogP contribution in [0.2, 0.25) is 0 Å². The molecule has 4 fully saturated rings. The zero-order valence-electron chi connectivity index (χ0n) is 36.7. The number of rotatable bonds is 14. The largest absolute Gasteiger partial charge is 0.465 e. The number of nitrogens with one attached hydrogen (secondary N) is 3. The number of halogens is 1. The number of ether oxygens (including phenoxy) is 1. The predicted octanol–water partition coefficient (Wildman–Crippen LogP) is 8.74. The number of amides is 1. The molecule has 4 aliphatic rings. The summed E-state index contributed by atoms with van der Waals surface area (Å²) in [5, 5.41) is 24.9. The smallest absolute Gasteiger partial charge is 0.407 e. The van der Waals surface area contributed by atoms with Crippen molar-refractivity contribution in [3.8, 4) is 11.5 Å². The Balaban J connectivity index is 0.876. The van der Waals surface area contributed by atoms with Crippen LogP contribution in [0, 0.1) is 15.5 Å². The molecule has 5 aromatic rings. The average molecular weight is 910 g/mol. The number of carboxylic acid groups (broad SMARTS) is 1. The second kappa shape index (κ2) is 17.9. The van der Waals surface area contributed by atoms with E-state index in [2.05, 4.69) is 67.9 Å². The van der Waals surface area contributed by atoms with E-state index in [1.165, 1.54) is 48.9 Å². The fourth-order valence-electron chi connectivity index (χ4n) is 10.4. The molecule has 1 amide bonds. The van der Waals surface area contributed by atoms with Gasteiger partial charge in [0.25, 0.3) is 5.69 Å². The first kappa shape index (κ1) is 44.4. The van der Waals surface area contributed by atoms with E-state index in [-0.39, 0.29) is 49.6 Å². The fourth-order valence-corrected chi connectivity index (χ4v) is 11.4. The van der Waals surface area contributed by atoms with Gasteiger partial charge in [-0.05, 0) is 91.8 Å². The number of benzene rings is 2. The van der Waals surface area contributed by atoms with Crippen LogP contribution in [0.25, 0.3) is 11.0 Å². The lowest BCUT2D eigenvalue weighted by molar-refractivity contribution is -0.384. The lowest BCUT2D eigenvalue weighted by atomic mass is 9.60. The van der Waals surface area contributed by atoms with Crippen molar-refractivity contribution < 1.29 is 32.4 Å². The standard InChI is InChI=1S/C47H56FN9O7S/c1-31(2)37-6-3-4-7-38(37)40-8-5-17-56(40)34-25-46(26-34)12-18-54(19-13-46)43-24-42(64-35-22-32-11-16-49-44(32)51-29-35)33(27-50-43)28-53-65(62,63)36-9-10-39(41(23-36)57(60)61)52-30-47(48)14-20-55(21-15-47)45(58)59/h3-4,6-7,9-11,16,22-24,27,29,31,34,40,52-53H,5,8,12-15,17-21,25-26,28,30H2,1-2H3,(H,49,51)(H,58,59)/t40-/m0/s1. The Morgan fingerprint density at radius 3 is 2.52 bits per heavy atom. The number of aromatic nitrogens is 3. The van der Waals surface area contributed by atoms with Crippen LogP contribution in [-0.2, 0) is 16.6 Å². The number of H-pyrrole nitrogens is 1. The molecular weight excluding hydrogens is 854 g/mol. The molecule has 6 heterocycles. The minimum absolute atomic E-state index is 0.00326. The number of alkyl halides is 1. The van der Waals surface area contributed by atoms with Crippen LogP contribution in [0.1, 0.15) is 93.9 Å².